The Kier molecular flexibility index (Phi) is 4.90. The van der Waals surface area contributed by atoms with Gasteiger partial charge in [-0.1, -0.05) is 18.3 Å². The summed E-state index contributed by atoms with van der Waals surface area (Å²) in [4.78, 5) is 4.55. The summed E-state index contributed by atoms with van der Waals surface area (Å²) in [5, 5.41) is 0. The number of hydrogen-bond donors (Lipinski definition) is 1. The van der Waals surface area contributed by atoms with Crippen LogP contribution in [-0.4, -0.2) is 23.7 Å². The molecule has 1 aromatic carbocycles. The maximum Gasteiger partial charge on any atom is 0.133 e. The van der Waals surface area contributed by atoms with E-state index in [1.54, 1.807) is 31.5 Å². The monoisotopic (exact) mass is 288 g/mol. The fraction of sp³-hybridized carbons (Fsp3) is 0.200. The molecule has 2 N–H and O–H groups in total. The van der Waals surface area contributed by atoms with E-state index in [2.05, 4.69) is 4.98 Å². The number of hydrogen-bond acceptors (Lipinski definition) is 4. The second kappa shape index (κ2) is 6.86. The van der Waals surface area contributed by atoms with Gasteiger partial charge in [-0.2, -0.15) is 0 Å². The SMILES string of the molecule is COc1ccc(C(N)=S)c(OCCc2ccccn2)c1. The molecule has 2 rings (SSSR count). The van der Waals surface area contributed by atoms with Crippen LogP contribution in [0.2, 0.25) is 0 Å². The van der Waals surface area contributed by atoms with Gasteiger partial charge >= 0.3 is 0 Å². The molecule has 5 heteroatoms. The van der Waals surface area contributed by atoms with Gasteiger partial charge in [-0.3, -0.25) is 4.98 Å². The highest BCUT2D eigenvalue weighted by atomic mass is 32.1. The van der Waals surface area contributed by atoms with E-state index in [0.29, 0.717) is 28.7 Å². The molecule has 0 atom stereocenters. The summed E-state index contributed by atoms with van der Waals surface area (Å²) in [6.45, 7) is 0.500. The Morgan fingerprint density at radius 2 is 2.15 bits per heavy atom. The Bertz CT molecular complexity index is 588. The van der Waals surface area contributed by atoms with Crippen LogP contribution in [0.1, 0.15) is 11.3 Å². The first-order chi connectivity index (χ1) is 9.70. The van der Waals surface area contributed by atoms with Gasteiger partial charge in [0.05, 0.1) is 19.3 Å². The fourth-order valence-electron chi connectivity index (χ4n) is 1.76. The van der Waals surface area contributed by atoms with Crippen molar-refractivity contribution in [3.8, 4) is 11.5 Å². The third-order valence-electron chi connectivity index (χ3n) is 2.80. The minimum atomic E-state index is 0.306. The van der Waals surface area contributed by atoms with E-state index in [1.807, 2.05) is 18.2 Å². The van der Waals surface area contributed by atoms with Crippen LogP contribution in [0, 0.1) is 0 Å². The molecule has 1 heterocycles. The maximum absolute atomic E-state index is 5.76. The lowest BCUT2D eigenvalue weighted by Gasteiger charge is -2.12. The molecule has 0 aliphatic heterocycles. The van der Waals surface area contributed by atoms with Crippen LogP contribution < -0.4 is 15.2 Å². The van der Waals surface area contributed by atoms with E-state index in [0.717, 1.165) is 12.1 Å². The van der Waals surface area contributed by atoms with Crippen molar-refractivity contribution < 1.29 is 9.47 Å². The number of nitrogens with zero attached hydrogens (tertiary/aromatic N) is 1. The van der Waals surface area contributed by atoms with Crippen LogP contribution >= 0.6 is 12.2 Å². The Hall–Kier alpha value is -2.14. The predicted molar refractivity (Wildman–Crippen MR) is 82.3 cm³/mol. The van der Waals surface area contributed by atoms with Gasteiger partial charge in [-0.25, -0.2) is 0 Å². The van der Waals surface area contributed by atoms with E-state index in [-0.39, 0.29) is 0 Å². The molecule has 0 amide bonds. The third kappa shape index (κ3) is 3.68. The molecule has 104 valence electrons. The number of pyridine rings is 1. The molecule has 0 radical (unpaired) electrons. The van der Waals surface area contributed by atoms with Crippen LogP contribution in [0.15, 0.2) is 42.6 Å². The number of ether oxygens (including phenoxy) is 2. The molecule has 0 saturated carbocycles. The summed E-state index contributed by atoms with van der Waals surface area (Å²) < 4.78 is 10.9. The summed E-state index contributed by atoms with van der Waals surface area (Å²) in [7, 11) is 1.60. The van der Waals surface area contributed by atoms with Crippen LogP contribution in [0.5, 0.6) is 11.5 Å². The Morgan fingerprint density at radius 1 is 1.30 bits per heavy atom. The molecular formula is C15H16N2O2S. The van der Waals surface area contributed by atoms with Gasteiger partial charge in [-0.15, -0.1) is 0 Å². The van der Waals surface area contributed by atoms with Crippen molar-refractivity contribution in [2.45, 2.75) is 6.42 Å². The minimum absolute atomic E-state index is 0.306. The zero-order chi connectivity index (χ0) is 14.4. The molecule has 1 aromatic heterocycles. The summed E-state index contributed by atoms with van der Waals surface area (Å²) in [6, 6.07) is 11.2. The summed E-state index contributed by atoms with van der Waals surface area (Å²) in [6.07, 6.45) is 2.48. The second-order valence-electron chi connectivity index (χ2n) is 4.15. The van der Waals surface area contributed by atoms with Crippen LogP contribution in [0.25, 0.3) is 0 Å². The van der Waals surface area contributed by atoms with Gasteiger partial charge in [0.15, 0.2) is 0 Å². The summed E-state index contributed by atoms with van der Waals surface area (Å²) in [5.74, 6) is 1.34. The smallest absolute Gasteiger partial charge is 0.133 e. The molecule has 0 aliphatic carbocycles. The third-order valence-corrected chi connectivity index (χ3v) is 3.02. The molecule has 0 unspecified atom stereocenters. The molecule has 20 heavy (non-hydrogen) atoms. The first-order valence-electron chi connectivity index (χ1n) is 6.21. The topological polar surface area (TPSA) is 57.4 Å². The van der Waals surface area contributed by atoms with Gasteiger partial charge in [-0.05, 0) is 24.3 Å². The van der Waals surface area contributed by atoms with E-state index in [4.69, 9.17) is 27.4 Å². The number of methoxy groups -OCH3 is 1. The van der Waals surface area contributed by atoms with E-state index >= 15 is 0 Å². The number of benzene rings is 1. The van der Waals surface area contributed by atoms with Gasteiger partial charge in [0.2, 0.25) is 0 Å². The highest BCUT2D eigenvalue weighted by Crippen LogP contribution is 2.25. The van der Waals surface area contributed by atoms with Gasteiger partial charge in [0.25, 0.3) is 0 Å². The molecule has 2 aromatic rings. The summed E-state index contributed by atoms with van der Waals surface area (Å²) >= 11 is 5.02. The average Bonchev–Trinajstić information content (AvgIpc) is 2.48. The summed E-state index contributed by atoms with van der Waals surface area (Å²) in [5.41, 5.74) is 7.38. The Morgan fingerprint density at radius 3 is 2.80 bits per heavy atom. The molecule has 0 bridgehead atoms. The number of rotatable bonds is 6. The van der Waals surface area contributed by atoms with Crippen LogP contribution in [0.4, 0.5) is 0 Å². The van der Waals surface area contributed by atoms with Gasteiger partial charge in [0.1, 0.15) is 16.5 Å². The maximum atomic E-state index is 5.76. The van der Waals surface area contributed by atoms with Crippen LogP contribution in [0.3, 0.4) is 0 Å². The average molecular weight is 288 g/mol. The largest absolute Gasteiger partial charge is 0.497 e. The quantitative estimate of drug-likeness (QED) is 0.827. The van der Waals surface area contributed by atoms with Crippen LogP contribution in [-0.2, 0) is 6.42 Å². The van der Waals surface area contributed by atoms with Gasteiger partial charge < -0.3 is 15.2 Å². The van der Waals surface area contributed by atoms with E-state index in [9.17, 15) is 0 Å². The van der Waals surface area contributed by atoms with Crippen molar-refractivity contribution in [2.24, 2.45) is 5.73 Å². The lowest BCUT2D eigenvalue weighted by molar-refractivity contribution is 0.317. The second-order valence-corrected chi connectivity index (χ2v) is 4.59. The van der Waals surface area contributed by atoms with Crippen molar-refractivity contribution in [1.29, 1.82) is 0 Å². The van der Waals surface area contributed by atoms with E-state index in [1.165, 1.54) is 0 Å². The predicted octanol–water partition coefficient (Wildman–Crippen LogP) is 2.35. The number of thiocarbonyl (C=S) groups is 1. The Balaban J connectivity index is 2.06. The van der Waals surface area contributed by atoms with Crippen molar-refractivity contribution >= 4 is 17.2 Å². The highest BCUT2D eigenvalue weighted by molar-refractivity contribution is 7.80. The fourth-order valence-corrected chi connectivity index (χ4v) is 1.93. The Labute approximate surface area is 123 Å². The zero-order valence-electron chi connectivity index (χ0n) is 11.2. The number of aromatic nitrogens is 1. The molecule has 0 saturated heterocycles. The zero-order valence-corrected chi connectivity index (χ0v) is 12.0. The van der Waals surface area contributed by atoms with Crippen molar-refractivity contribution in [1.82, 2.24) is 4.98 Å². The molecule has 4 nitrogen and oxygen atoms in total. The molecule has 0 spiro atoms. The van der Waals surface area contributed by atoms with E-state index < -0.39 is 0 Å². The highest BCUT2D eigenvalue weighted by Gasteiger charge is 2.08. The standard InChI is InChI=1S/C15H16N2O2S/c1-18-12-5-6-13(15(16)20)14(10-12)19-9-7-11-4-2-3-8-17-11/h2-6,8,10H,7,9H2,1H3,(H2,16,20). The normalized spacial score (nSPS) is 10.1. The van der Waals surface area contributed by atoms with Crippen molar-refractivity contribution in [2.75, 3.05) is 13.7 Å². The minimum Gasteiger partial charge on any atom is -0.497 e. The molecule has 0 fully saturated rings. The van der Waals surface area contributed by atoms with Gasteiger partial charge in [0, 0.05) is 24.4 Å². The lowest BCUT2D eigenvalue weighted by Crippen LogP contribution is -2.13. The van der Waals surface area contributed by atoms with Crippen molar-refractivity contribution in [3.05, 3.63) is 53.9 Å². The number of nitrogens with two attached hydrogens (primary N) is 1. The van der Waals surface area contributed by atoms with Crippen molar-refractivity contribution in [3.63, 3.8) is 0 Å². The molecule has 0 aliphatic rings. The first-order valence-corrected chi connectivity index (χ1v) is 6.62. The lowest BCUT2D eigenvalue weighted by atomic mass is 10.2. The first kappa shape index (κ1) is 14.3. The molecular weight excluding hydrogens is 272 g/mol.